The van der Waals surface area contributed by atoms with Crippen LogP contribution in [0.3, 0.4) is 0 Å². The number of allylic oxidation sites excluding steroid dienone is 1. The predicted molar refractivity (Wildman–Crippen MR) is 147 cm³/mol. The molecule has 4 rings (SSSR count). The summed E-state index contributed by atoms with van der Waals surface area (Å²) in [5.74, 6) is 7.10. The number of carbonyl (C=O) groups is 1. The van der Waals surface area contributed by atoms with E-state index < -0.39 is 6.04 Å². The summed E-state index contributed by atoms with van der Waals surface area (Å²) < 4.78 is 0. The number of nitrogens with two attached hydrogens (primary N) is 1. The maximum Gasteiger partial charge on any atom is 0.240 e. The van der Waals surface area contributed by atoms with E-state index in [0.29, 0.717) is 12.5 Å². The summed E-state index contributed by atoms with van der Waals surface area (Å²) in [5, 5.41) is 8.48. The number of hydrogen-bond acceptors (Lipinski definition) is 5. The van der Waals surface area contributed by atoms with Crippen LogP contribution in [0.25, 0.3) is 0 Å². The van der Waals surface area contributed by atoms with Crippen LogP contribution in [-0.2, 0) is 17.9 Å². The van der Waals surface area contributed by atoms with Crippen molar-refractivity contribution < 1.29 is 4.79 Å². The highest BCUT2D eigenvalue weighted by atomic mass is 16.2. The molecule has 2 atom stereocenters. The number of benzene rings is 2. The summed E-state index contributed by atoms with van der Waals surface area (Å²) in [4.78, 5) is 15.9. The molecule has 2 aliphatic rings. The molecule has 1 aliphatic carbocycles. The number of aryl methyl sites for hydroxylation is 1. The molecule has 0 spiro atoms. The molecule has 0 aromatic heterocycles. The van der Waals surface area contributed by atoms with Crippen LogP contribution in [0.2, 0.25) is 0 Å². The molecule has 4 N–H and O–H groups in total. The molecule has 194 valence electrons. The Morgan fingerprint density at radius 3 is 2.50 bits per heavy atom. The van der Waals surface area contributed by atoms with Gasteiger partial charge in [-0.25, -0.2) is 5.01 Å². The first-order chi connectivity index (χ1) is 17.6. The van der Waals surface area contributed by atoms with Crippen molar-refractivity contribution in [2.45, 2.75) is 64.2 Å². The standard InChI is InChI=1S/C30H43N5O/c1-24-12-14-27(15-13-24)23-34-18-16-26(17-19-34)21-33-30(36)29(35(31)28-10-6-3-7-11-28)22-32-20-25-8-4-2-5-9-25/h2,4-6,8-10,12-15,26,28-29,32H,3,7,11,16-23,31H2,1H3,(H,33,36). The zero-order valence-electron chi connectivity index (χ0n) is 21.7. The minimum Gasteiger partial charge on any atom is -0.354 e. The quantitative estimate of drug-likeness (QED) is 0.255. The Balaban J connectivity index is 1.26. The first-order valence-corrected chi connectivity index (χ1v) is 13.6. The van der Waals surface area contributed by atoms with Crippen molar-refractivity contribution in [3.63, 3.8) is 0 Å². The maximum absolute atomic E-state index is 13.3. The second-order valence-electron chi connectivity index (χ2n) is 10.5. The molecule has 1 aliphatic heterocycles. The van der Waals surface area contributed by atoms with Crippen LogP contribution in [0.15, 0.2) is 66.7 Å². The lowest BCUT2D eigenvalue weighted by Gasteiger charge is -2.35. The van der Waals surface area contributed by atoms with Gasteiger partial charge in [-0.2, -0.15) is 0 Å². The van der Waals surface area contributed by atoms with Crippen LogP contribution < -0.4 is 16.5 Å². The third kappa shape index (κ3) is 8.00. The summed E-state index contributed by atoms with van der Waals surface area (Å²) >= 11 is 0. The van der Waals surface area contributed by atoms with Crippen molar-refractivity contribution in [2.75, 3.05) is 26.2 Å². The van der Waals surface area contributed by atoms with Crippen LogP contribution in [0.4, 0.5) is 0 Å². The first kappa shape index (κ1) is 26.6. The number of nitrogens with one attached hydrogen (secondary N) is 2. The van der Waals surface area contributed by atoms with Crippen LogP contribution in [0.5, 0.6) is 0 Å². The number of amides is 1. The number of hydrogen-bond donors (Lipinski definition) is 3. The van der Waals surface area contributed by atoms with Gasteiger partial charge in [0.15, 0.2) is 0 Å². The number of hydrazine groups is 1. The van der Waals surface area contributed by atoms with E-state index in [0.717, 1.165) is 64.8 Å². The minimum absolute atomic E-state index is 0.0270. The van der Waals surface area contributed by atoms with E-state index in [9.17, 15) is 4.79 Å². The molecule has 1 saturated heterocycles. The Hall–Kier alpha value is -2.51. The van der Waals surface area contributed by atoms with Gasteiger partial charge in [0.05, 0.1) is 0 Å². The summed E-state index contributed by atoms with van der Waals surface area (Å²) in [6.45, 7) is 7.25. The van der Waals surface area contributed by atoms with Crippen LogP contribution >= 0.6 is 0 Å². The zero-order valence-corrected chi connectivity index (χ0v) is 21.7. The molecule has 6 nitrogen and oxygen atoms in total. The molecule has 1 heterocycles. The van der Waals surface area contributed by atoms with Crippen molar-refractivity contribution in [2.24, 2.45) is 11.8 Å². The Morgan fingerprint density at radius 1 is 1.06 bits per heavy atom. The third-order valence-electron chi connectivity index (χ3n) is 7.58. The second kappa shape index (κ2) is 13.7. The van der Waals surface area contributed by atoms with Gasteiger partial charge < -0.3 is 10.6 Å². The minimum atomic E-state index is -0.400. The SMILES string of the molecule is Cc1ccc(CN2CCC(CNC(=O)C(CNCc3ccccc3)N(N)C3C=CCCC3)CC2)cc1. The summed E-state index contributed by atoms with van der Waals surface area (Å²) in [7, 11) is 0. The highest BCUT2D eigenvalue weighted by Gasteiger charge is 2.29. The monoisotopic (exact) mass is 489 g/mol. The maximum atomic E-state index is 13.3. The van der Waals surface area contributed by atoms with Crippen molar-refractivity contribution in [1.29, 1.82) is 0 Å². The lowest BCUT2D eigenvalue weighted by molar-refractivity contribution is -0.127. The molecule has 1 fully saturated rings. The van der Waals surface area contributed by atoms with E-state index in [1.54, 1.807) is 5.01 Å². The largest absolute Gasteiger partial charge is 0.354 e. The van der Waals surface area contributed by atoms with Crippen LogP contribution in [-0.4, -0.2) is 54.1 Å². The smallest absolute Gasteiger partial charge is 0.240 e. The Bertz CT molecular complexity index is 953. The van der Waals surface area contributed by atoms with E-state index in [1.807, 2.05) is 18.2 Å². The lowest BCUT2D eigenvalue weighted by atomic mass is 9.96. The van der Waals surface area contributed by atoms with Gasteiger partial charge in [0.25, 0.3) is 0 Å². The van der Waals surface area contributed by atoms with Crippen molar-refractivity contribution in [1.82, 2.24) is 20.5 Å². The zero-order chi connectivity index (χ0) is 25.2. The fourth-order valence-electron chi connectivity index (χ4n) is 5.22. The first-order valence-electron chi connectivity index (χ1n) is 13.6. The Labute approximate surface area is 216 Å². The summed E-state index contributed by atoms with van der Waals surface area (Å²) in [6, 6.07) is 18.8. The number of likely N-dealkylation sites (tertiary alicyclic amines) is 1. The van der Waals surface area contributed by atoms with Crippen LogP contribution in [0.1, 0.15) is 48.8 Å². The molecule has 0 radical (unpaired) electrons. The molecule has 36 heavy (non-hydrogen) atoms. The van der Waals surface area contributed by atoms with Gasteiger partial charge in [0.2, 0.25) is 5.91 Å². The highest BCUT2D eigenvalue weighted by Crippen LogP contribution is 2.20. The number of nitrogens with zero attached hydrogens (tertiary/aromatic N) is 2. The van der Waals surface area contributed by atoms with Crippen molar-refractivity contribution >= 4 is 5.91 Å². The van der Waals surface area contributed by atoms with Gasteiger partial charge in [0, 0.05) is 32.2 Å². The lowest BCUT2D eigenvalue weighted by Crippen LogP contribution is -2.58. The van der Waals surface area contributed by atoms with Gasteiger partial charge in [-0.15, -0.1) is 0 Å². The average Bonchev–Trinajstić information content (AvgIpc) is 2.92. The van der Waals surface area contributed by atoms with E-state index in [4.69, 9.17) is 5.84 Å². The van der Waals surface area contributed by atoms with Gasteiger partial charge in [-0.1, -0.05) is 72.3 Å². The molecule has 1 amide bonds. The topological polar surface area (TPSA) is 73.6 Å². The molecule has 0 bridgehead atoms. The van der Waals surface area contributed by atoms with Crippen LogP contribution in [0, 0.1) is 12.8 Å². The van der Waals surface area contributed by atoms with Gasteiger partial charge in [-0.3, -0.25) is 15.5 Å². The molecule has 2 aromatic carbocycles. The highest BCUT2D eigenvalue weighted by molar-refractivity contribution is 5.82. The summed E-state index contributed by atoms with van der Waals surface area (Å²) in [6.07, 6.45) is 9.77. The van der Waals surface area contributed by atoms with Gasteiger partial charge in [-0.05, 0) is 69.2 Å². The fraction of sp³-hybridized carbons (Fsp3) is 0.500. The molecule has 0 saturated carbocycles. The van der Waals surface area contributed by atoms with Gasteiger partial charge in [0.1, 0.15) is 6.04 Å². The third-order valence-corrected chi connectivity index (χ3v) is 7.58. The summed E-state index contributed by atoms with van der Waals surface area (Å²) in [5.41, 5.74) is 3.88. The second-order valence-corrected chi connectivity index (χ2v) is 10.5. The average molecular weight is 490 g/mol. The fourth-order valence-corrected chi connectivity index (χ4v) is 5.22. The van der Waals surface area contributed by atoms with Crippen molar-refractivity contribution in [3.8, 4) is 0 Å². The molecular weight excluding hydrogens is 446 g/mol. The van der Waals surface area contributed by atoms with Gasteiger partial charge >= 0.3 is 0 Å². The van der Waals surface area contributed by atoms with E-state index in [-0.39, 0.29) is 11.9 Å². The number of piperidine rings is 1. The predicted octanol–water partition coefficient (Wildman–Crippen LogP) is 3.77. The number of carbonyl (C=O) groups excluding carboxylic acids is 1. The normalized spacial score (nSPS) is 19.9. The van der Waals surface area contributed by atoms with E-state index >= 15 is 0 Å². The van der Waals surface area contributed by atoms with E-state index in [2.05, 4.69) is 71.0 Å². The van der Waals surface area contributed by atoms with E-state index in [1.165, 1.54) is 16.7 Å². The number of rotatable bonds is 11. The Morgan fingerprint density at radius 2 is 1.81 bits per heavy atom. The molecular formula is C30H43N5O. The van der Waals surface area contributed by atoms with Crippen molar-refractivity contribution in [3.05, 3.63) is 83.4 Å². The molecule has 6 heteroatoms. The Kier molecular flexibility index (Phi) is 10.1. The molecule has 2 aromatic rings. The molecule has 2 unspecified atom stereocenters.